The number of pyridine rings is 1. The summed E-state index contributed by atoms with van der Waals surface area (Å²) in [6.07, 6.45) is 1.26. The van der Waals surface area contributed by atoms with E-state index in [0.29, 0.717) is 5.88 Å². The molecule has 9 heteroatoms. The number of aromatic nitrogens is 1. The molecule has 23 heavy (non-hydrogen) atoms. The van der Waals surface area contributed by atoms with Crippen LogP contribution in [0, 0.1) is 10.1 Å². The predicted molar refractivity (Wildman–Crippen MR) is 80.5 cm³/mol. The molecule has 2 aromatic rings. The van der Waals surface area contributed by atoms with E-state index in [1.54, 1.807) is 24.4 Å². The molecule has 0 amide bonds. The Kier molecular flexibility index (Phi) is 3.97. The number of nitrogens with zero attached hydrogens (tertiary/aromatic N) is 3. The number of nitro benzene ring substituents is 1. The number of benzene rings is 1. The van der Waals surface area contributed by atoms with Crippen molar-refractivity contribution >= 4 is 15.7 Å². The fourth-order valence-corrected chi connectivity index (χ4v) is 3.88. The number of para-hydroxylation sites is 1. The lowest BCUT2D eigenvalue weighted by molar-refractivity contribution is -0.387. The largest absolute Gasteiger partial charge is 0.472 e. The van der Waals surface area contributed by atoms with E-state index in [1.807, 2.05) is 0 Å². The maximum Gasteiger partial charge on any atom is 0.289 e. The standard InChI is InChI=1S/C14H13N3O5S/c18-17(19)12-5-1-2-6-13(12)23(20,21)16-9-11(10-16)22-14-7-3-4-8-15-14/h1-8,11H,9-10H2. The maximum absolute atomic E-state index is 12.5. The number of ether oxygens (including phenoxy) is 1. The lowest BCUT2D eigenvalue weighted by Gasteiger charge is -2.37. The predicted octanol–water partition coefficient (Wildman–Crippen LogP) is 1.44. The van der Waals surface area contributed by atoms with Gasteiger partial charge in [-0.3, -0.25) is 10.1 Å². The molecule has 1 aromatic heterocycles. The van der Waals surface area contributed by atoms with Crippen LogP contribution in [0.1, 0.15) is 0 Å². The SMILES string of the molecule is O=[N+]([O-])c1ccccc1S(=O)(=O)N1CC(Oc2ccccn2)C1. The molecule has 3 rings (SSSR count). The molecule has 1 fully saturated rings. The molecule has 0 unspecified atom stereocenters. The van der Waals surface area contributed by atoms with E-state index < -0.39 is 20.6 Å². The van der Waals surface area contributed by atoms with Crippen LogP contribution in [0.2, 0.25) is 0 Å². The molecule has 0 atom stereocenters. The molecule has 0 spiro atoms. The first-order valence-electron chi connectivity index (χ1n) is 6.80. The van der Waals surface area contributed by atoms with E-state index in [1.165, 1.54) is 24.3 Å². The maximum atomic E-state index is 12.5. The van der Waals surface area contributed by atoms with Crippen molar-refractivity contribution < 1.29 is 18.1 Å². The molecule has 0 N–H and O–H groups in total. The summed E-state index contributed by atoms with van der Waals surface area (Å²) in [5.74, 6) is 0.417. The molecule has 0 aliphatic carbocycles. The summed E-state index contributed by atoms with van der Waals surface area (Å²) < 4.78 is 31.7. The Morgan fingerprint density at radius 3 is 2.52 bits per heavy atom. The van der Waals surface area contributed by atoms with Crippen LogP contribution in [0.4, 0.5) is 5.69 Å². The Morgan fingerprint density at radius 2 is 1.87 bits per heavy atom. The third-order valence-electron chi connectivity index (χ3n) is 3.42. The van der Waals surface area contributed by atoms with Crippen molar-refractivity contribution in [3.05, 3.63) is 58.8 Å². The second kappa shape index (κ2) is 5.94. The molecule has 0 saturated carbocycles. The summed E-state index contributed by atoms with van der Waals surface area (Å²) in [5, 5.41) is 11.0. The Morgan fingerprint density at radius 1 is 1.17 bits per heavy atom. The molecule has 1 aliphatic heterocycles. The van der Waals surface area contributed by atoms with Crippen LogP contribution in [0.25, 0.3) is 0 Å². The van der Waals surface area contributed by atoms with Crippen LogP contribution in [-0.4, -0.2) is 41.8 Å². The normalized spacial score (nSPS) is 15.8. The van der Waals surface area contributed by atoms with Crippen LogP contribution in [0.3, 0.4) is 0 Å². The van der Waals surface area contributed by atoms with Crippen LogP contribution >= 0.6 is 0 Å². The second-order valence-electron chi connectivity index (χ2n) is 4.95. The number of sulfonamides is 1. The van der Waals surface area contributed by atoms with Gasteiger partial charge in [0.15, 0.2) is 4.90 Å². The minimum absolute atomic E-state index is 0.130. The molecule has 0 radical (unpaired) electrons. The molecule has 1 saturated heterocycles. The molecule has 1 aromatic carbocycles. The van der Waals surface area contributed by atoms with E-state index in [0.717, 1.165) is 4.31 Å². The third-order valence-corrected chi connectivity index (χ3v) is 5.30. The van der Waals surface area contributed by atoms with E-state index in [4.69, 9.17) is 4.74 Å². The Balaban J connectivity index is 1.73. The van der Waals surface area contributed by atoms with Gasteiger partial charge in [0.05, 0.1) is 18.0 Å². The van der Waals surface area contributed by atoms with Gasteiger partial charge in [-0.25, -0.2) is 13.4 Å². The van der Waals surface area contributed by atoms with Crippen molar-refractivity contribution in [2.24, 2.45) is 0 Å². The minimum atomic E-state index is -3.91. The highest BCUT2D eigenvalue weighted by molar-refractivity contribution is 7.89. The zero-order valence-electron chi connectivity index (χ0n) is 11.9. The fraction of sp³-hybridized carbons (Fsp3) is 0.214. The van der Waals surface area contributed by atoms with Crippen LogP contribution in [0.5, 0.6) is 5.88 Å². The van der Waals surface area contributed by atoms with E-state index >= 15 is 0 Å². The lowest BCUT2D eigenvalue weighted by atomic mass is 10.2. The number of hydrogen-bond donors (Lipinski definition) is 0. The molecule has 2 heterocycles. The van der Waals surface area contributed by atoms with Gasteiger partial charge in [-0.05, 0) is 12.1 Å². The Bertz CT molecular complexity index is 819. The van der Waals surface area contributed by atoms with E-state index in [9.17, 15) is 18.5 Å². The average molecular weight is 335 g/mol. The smallest absolute Gasteiger partial charge is 0.289 e. The summed E-state index contributed by atoms with van der Waals surface area (Å²) in [6, 6.07) is 10.5. The highest BCUT2D eigenvalue weighted by Crippen LogP contribution is 2.29. The topological polar surface area (TPSA) is 103 Å². The Labute approximate surface area is 132 Å². The fourth-order valence-electron chi connectivity index (χ4n) is 2.22. The van der Waals surface area contributed by atoms with Crippen LogP contribution in [-0.2, 0) is 10.0 Å². The first-order valence-corrected chi connectivity index (χ1v) is 8.24. The summed E-state index contributed by atoms with van der Waals surface area (Å²) in [7, 11) is -3.91. The average Bonchev–Trinajstić information content (AvgIpc) is 2.51. The first-order chi connectivity index (χ1) is 11.0. The van der Waals surface area contributed by atoms with Crippen LogP contribution < -0.4 is 4.74 Å². The second-order valence-corrected chi connectivity index (χ2v) is 6.86. The van der Waals surface area contributed by atoms with Gasteiger partial charge in [0.1, 0.15) is 6.10 Å². The first kappa shape index (κ1) is 15.4. The molecule has 1 aliphatic rings. The van der Waals surface area contributed by atoms with Gasteiger partial charge in [0.2, 0.25) is 15.9 Å². The van der Waals surface area contributed by atoms with Gasteiger partial charge in [-0.2, -0.15) is 4.31 Å². The van der Waals surface area contributed by atoms with Gasteiger partial charge in [-0.1, -0.05) is 18.2 Å². The molecule has 0 bridgehead atoms. The van der Waals surface area contributed by atoms with Gasteiger partial charge < -0.3 is 4.74 Å². The minimum Gasteiger partial charge on any atom is -0.472 e. The monoisotopic (exact) mass is 335 g/mol. The lowest BCUT2D eigenvalue weighted by Crippen LogP contribution is -2.56. The zero-order chi connectivity index (χ0) is 16.4. The number of rotatable bonds is 5. The zero-order valence-corrected chi connectivity index (χ0v) is 12.7. The van der Waals surface area contributed by atoms with Crippen molar-refractivity contribution in [1.29, 1.82) is 0 Å². The van der Waals surface area contributed by atoms with Gasteiger partial charge in [-0.15, -0.1) is 0 Å². The third kappa shape index (κ3) is 3.01. The van der Waals surface area contributed by atoms with E-state index in [-0.39, 0.29) is 24.1 Å². The quantitative estimate of drug-likeness (QED) is 0.605. The molecule has 120 valence electrons. The van der Waals surface area contributed by atoms with Crippen molar-refractivity contribution in [1.82, 2.24) is 9.29 Å². The van der Waals surface area contributed by atoms with Crippen molar-refractivity contribution in [3.63, 3.8) is 0 Å². The summed E-state index contributed by atoms with van der Waals surface area (Å²) in [5.41, 5.74) is -0.429. The van der Waals surface area contributed by atoms with Gasteiger partial charge in [0, 0.05) is 18.3 Å². The molecule has 8 nitrogen and oxygen atoms in total. The van der Waals surface area contributed by atoms with Crippen molar-refractivity contribution in [2.75, 3.05) is 13.1 Å². The van der Waals surface area contributed by atoms with Crippen LogP contribution in [0.15, 0.2) is 53.6 Å². The number of nitro groups is 1. The summed E-state index contributed by atoms with van der Waals surface area (Å²) in [6.45, 7) is 0.260. The molecular weight excluding hydrogens is 322 g/mol. The summed E-state index contributed by atoms with van der Waals surface area (Å²) in [4.78, 5) is 14.0. The van der Waals surface area contributed by atoms with Crippen molar-refractivity contribution in [3.8, 4) is 5.88 Å². The van der Waals surface area contributed by atoms with Gasteiger partial charge in [0.25, 0.3) is 5.69 Å². The van der Waals surface area contributed by atoms with Crippen molar-refractivity contribution in [2.45, 2.75) is 11.0 Å². The van der Waals surface area contributed by atoms with E-state index in [2.05, 4.69) is 4.98 Å². The number of hydrogen-bond acceptors (Lipinski definition) is 6. The Hall–Kier alpha value is -2.52. The summed E-state index contributed by atoms with van der Waals surface area (Å²) >= 11 is 0. The molecular formula is C14H13N3O5S. The highest BCUT2D eigenvalue weighted by Gasteiger charge is 2.41. The highest BCUT2D eigenvalue weighted by atomic mass is 32.2. The van der Waals surface area contributed by atoms with Gasteiger partial charge >= 0.3 is 0 Å².